The molecule has 6 aromatic heterocycles. The van der Waals surface area contributed by atoms with Gasteiger partial charge >= 0.3 is 12.0 Å². The second-order valence-electron chi connectivity index (χ2n) is 15.8. The van der Waals surface area contributed by atoms with Gasteiger partial charge in [0.2, 0.25) is 0 Å². The smallest absolute Gasteiger partial charge is 0.316 e. The van der Waals surface area contributed by atoms with E-state index in [1.54, 1.807) is 23.0 Å². The van der Waals surface area contributed by atoms with Crippen LogP contribution in [-0.4, -0.2) is 98.1 Å². The van der Waals surface area contributed by atoms with Crippen LogP contribution in [0.25, 0.3) is 33.8 Å². The Kier molecular flexibility index (Phi) is 18.3. The van der Waals surface area contributed by atoms with Gasteiger partial charge in [-0.3, -0.25) is 13.6 Å². The SMILES string of the molecule is C.CCc1cnc(OC[C@@H]2CCCN2)nc1.CCc1cnc(OC[C@@H]2CCCN2C(=O)c2c(-c3ccccc3)nc3ccccn23)nc1.I.OC(O)c1c(-c2ccccc2)nc2ccccn12. The van der Waals surface area contributed by atoms with Crippen molar-refractivity contribution in [3.8, 4) is 34.5 Å². The standard InChI is InChI=1S/C25H25N5O2.C14H12N2O2.C11H17N3O.CH4.HI/c1-2-18-15-26-25(27-16-18)32-17-20-11-8-14-29(20)24(31)23-22(19-9-4-3-5-10-19)28-21-12-6-7-13-30(21)23;17-14(18)13-12(10-6-2-1-3-7-10)15-11-8-4-5-9-16(11)13;1-2-9-6-13-11(14-7-9)15-8-10-4-3-5-12-10;;/h3-7,9-10,12-13,15-16,20H,2,8,11,14,17H2,1H3;1-9,14,17-18H;6-7,10,12H,2-5,8H2,1H3;1H4;1H/t20-;;10-;;/m0.0../s1. The highest BCUT2D eigenvalue weighted by Gasteiger charge is 2.34. The Hall–Kier alpha value is -6.34. The number of imidazole rings is 2. The summed E-state index contributed by atoms with van der Waals surface area (Å²) in [5, 5.41) is 22.5. The Morgan fingerprint density at radius 2 is 1.21 bits per heavy atom. The van der Waals surface area contributed by atoms with E-state index in [-0.39, 0.29) is 43.4 Å². The van der Waals surface area contributed by atoms with Gasteiger partial charge in [-0.25, -0.2) is 29.9 Å². The predicted molar refractivity (Wildman–Crippen MR) is 269 cm³/mol. The highest BCUT2D eigenvalue weighted by Crippen LogP contribution is 2.30. The zero-order chi connectivity index (χ0) is 45.0. The Labute approximate surface area is 408 Å². The molecule has 2 aliphatic heterocycles. The van der Waals surface area contributed by atoms with Gasteiger partial charge in [-0.05, 0) is 80.5 Å². The van der Waals surface area contributed by atoms with E-state index in [2.05, 4.69) is 44.1 Å². The number of ether oxygens (including phenoxy) is 2. The van der Waals surface area contributed by atoms with E-state index >= 15 is 0 Å². The fourth-order valence-corrected chi connectivity index (χ4v) is 7.92. The number of hydrogen-bond acceptors (Lipinski definition) is 12. The maximum atomic E-state index is 13.8. The third-order valence-electron chi connectivity index (χ3n) is 11.4. The van der Waals surface area contributed by atoms with Crippen LogP contribution < -0.4 is 14.8 Å². The molecule has 0 unspecified atom stereocenters. The van der Waals surface area contributed by atoms with E-state index in [1.165, 1.54) is 12.8 Å². The van der Waals surface area contributed by atoms with Gasteiger partial charge in [-0.1, -0.05) is 94.1 Å². The molecule has 0 saturated carbocycles. The molecule has 15 nitrogen and oxygen atoms in total. The molecule has 3 N–H and O–H groups in total. The number of benzene rings is 2. The normalized spacial score (nSPS) is 15.2. The van der Waals surface area contributed by atoms with Crippen molar-refractivity contribution in [3.05, 3.63) is 157 Å². The van der Waals surface area contributed by atoms with Crippen LogP contribution >= 0.6 is 24.0 Å². The van der Waals surface area contributed by atoms with Crippen LogP contribution in [0.2, 0.25) is 0 Å². The molecule has 2 atom stereocenters. The molecule has 0 spiro atoms. The van der Waals surface area contributed by atoms with Gasteiger partial charge in [-0.2, -0.15) is 0 Å². The first-order valence-electron chi connectivity index (χ1n) is 22.2. The first-order chi connectivity index (χ1) is 31.9. The number of pyridine rings is 2. The average Bonchev–Trinajstić information content (AvgIpc) is 4.20. The molecule has 2 aromatic carbocycles. The molecule has 0 aliphatic carbocycles. The van der Waals surface area contributed by atoms with Gasteiger partial charge < -0.3 is 29.9 Å². The van der Waals surface area contributed by atoms with Gasteiger partial charge in [-0.15, -0.1) is 24.0 Å². The maximum absolute atomic E-state index is 13.8. The second-order valence-corrected chi connectivity index (χ2v) is 15.8. The Morgan fingerprint density at radius 3 is 1.76 bits per heavy atom. The Bertz CT molecular complexity index is 2750. The minimum atomic E-state index is -1.56. The summed E-state index contributed by atoms with van der Waals surface area (Å²) >= 11 is 0. The summed E-state index contributed by atoms with van der Waals surface area (Å²) in [6.45, 7) is 6.98. The highest BCUT2D eigenvalue weighted by atomic mass is 127. The van der Waals surface area contributed by atoms with E-state index in [9.17, 15) is 15.0 Å². The summed E-state index contributed by atoms with van der Waals surface area (Å²) in [5.74, 6) is -0.0316. The maximum Gasteiger partial charge on any atom is 0.316 e. The molecule has 8 heterocycles. The minimum Gasteiger partial charge on any atom is -0.462 e. The number of aliphatic hydroxyl groups excluding tert-OH is 1. The summed E-state index contributed by atoms with van der Waals surface area (Å²) in [5.41, 5.74) is 7.71. The fraction of sp³-hybridized carbons (Fsp3) is 0.314. The molecule has 0 bridgehead atoms. The van der Waals surface area contributed by atoms with Crippen molar-refractivity contribution >= 4 is 41.2 Å². The Balaban J connectivity index is 0.000000179. The van der Waals surface area contributed by atoms with Crippen LogP contribution in [-0.2, 0) is 12.8 Å². The van der Waals surface area contributed by atoms with Gasteiger partial charge in [0, 0.05) is 60.9 Å². The monoisotopic (exact) mass is 1020 g/mol. The van der Waals surface area contributed by atoms with Crippen LogP contribution in [0, 0.1) is 0 Å². The largest absolute Gasteiger partial charge is 0.462 e. The van der Waals surface area contributed by atoms with Crippen LogP contribution in [0.15, 0.2) is 134 Å². The van der Waals surface area contributed by atoms with Crippen LogP contribution in [0.3, 0.4) is 0 Å². The van der Waals surface area contributed by atoms with E-state index in [0.29, 0.717) is 66.2 Å². The summed E-state index contributed by atoms with van der Waals surface area (Å²) in [4.78, 5) is 41.8. The van der Waals surface area contributed by atoms with Crippen molar-refractivity contribution in [2.75, 3.05) is 26.3 Å². The van der Waals surface area contributed by atoms with Crippen LogP contribution in [0.5, 0.6) is 12.0 Å². The van der Waals surface area contributed by atoms with Crippen molar-refractivity contribution in [2.24, 2.45) is 0 Å². The zero-order valence-corrected chi connectivity index (χ0v) is 39.4. The number of nitrogens with one attached hydrogen (secondary N) is 1. The summed E-state index contributed by atoms with van der Waals surface area (Å²) in [6.07, 6.45) is 15.4. The zero-order valence-electron chi connectivity index (χ0n) is 37.1. The van der Waals surface area contributed by atoms with E-state index < -0.39 is 6.29 Å². The number of aryl methyl sites for hydroxylation is 2. The lowest BCUT2D eigenvalue weighted by Crippen LogP contribution is -2.39. The second kappa shape index (κ2) is 24.4. The molecule has 10 rings (SSSR count). The van der Waals surface area contributed by atoms with Crippen molar-refractivity contribution in [1.29, 1.82) is 0 Å². The molecule has 8 aromatic rings. The van der Waals surface area contributed by atoms with Crippen LogP contribution in [0.1, 0.15) is 80.6 Å². The quantitative estimate of drug-likeness (QED) is 0.0788. The lowest BCUT2D eigenvalue weighted by molar-refractivity contribution is -0.0459. The van der Waals surface area contributed by atoms with E-state index in [1.807, 2.05) is 125 Å². The van der Waals surface area contributed by atoms with Gasteiger partial charge in [0.05, 0.1) is 11.7 Å². The number of aliphatic hydroxyl groups is 2. The summed E-state index contributed by atoms with van der Waals surface area (Å²) in [7, 11) is 0. The Morgan fingerprint density at radius 1 is 0.687 bits per heavy atom. The third kappa shape index (κ3) is 12.4. The minimum absolute atomic E-state index is 0. The number of rotatable bonds is 12. The molecule has 0 radical (unpaired) electrons. The van der Waals surface area contributed by atoms with E-state index in [0.717, 1.165) is 60.1 Å². The molecule has 2 aliphatic rings. The number of amides is 1. The summed E-state index contributed by atoms with van der Waals surface area (Å²) < 4.78 is 14.9. The van der Waals surface area contributed by atoms with Crippen LogP contribution in [0.4, 0.5) is 0 Å². The number of aromatic nitrogens is 8. The molecule has 1 amide bonds. The lowest BCUT2D eigenvalue weighted by Gasteiger charge is -2.24. The molecule has 16 heteroatoms. The van der Waals surface area contributed by atoms with E-state index in [4.69, 9.17) is 14.5 Å². The number of hydrogen-bond donors (Lipinski definition) is 3. The molecule has 2 saturated heterocycles. The number of carbonyl (C=O) groups excluding carboxylic acids is 1. The van der Waals surface area contributed by atoms with Gasteiger partial charge in [0.15, 0.2) is 6.29 Å². The number of carbonyl (C=O) groups is 1. The van der Waals surface area contributed by atoms with Crippen molar-refractivity contribution in [3.63, 3.8) is 0 Å². The number of fused-ring (bicyclic) bond motifs is 2. The van der Waals surface area contributed by atoms with Crippen molar-refractivity contribution < 1.29 is 24.5 Å². The highest BCUT2D eigenvalue weighted by molar-refractivity contribution is 14.0. The number of likely N-dealkylation sites (tertiary alicyclic amines) is 1. The lowest BCUT2D eigenvalue weighted by atomic mass is 10.1. The molecule has 350 valence electrons. The average molecular weight is 1020 g/mol. The third-order valence-corrected chi connectivity index (χ3v) is 11.4. The first kappa shape index (κ1) is 50.1. The van der Waals surface area contributed by atoms with Crippen molar-refractivity contribution in [1.82, 2.24) is 48.9 Å². The summed E-state index contributed by atoms with van der Waals surface area (Å²) in [6, 6.07) is 31.9. The van der Waals surface area contributed by atoms with Crippen molar-refractivity contribution in [2.45, 2.75) is 78.2 Å². The van der Waals surface area contributed by atoms with Gasteiger partial charge in [0.25, 0.3) is 5.91 Å². The first-order valence-corrected chi connectivity index (χ1v) is 22.2. The van der Waals surface area contributed by atoms with Gasteiger partial charge in [0.1, 0.15) is 41.6 Å². The molecule has 67 heavy (non-hydrogen) atoms. The molecule has 2 fully saturated rings. The predicted octanol–water partition coefficient (Wildman–Crippen LogP) is 8.45. The topological polar surface area (TPSA) is 177 Å². The molecular weight excluding hydrogens is 960 g/mol. The number of nitrogens with zero attached hydrogens (tertiary/aromatic N) is 9. The fourth-order valence-electron chi connectivity index (χ4n) is 7.92. The number of halogens is 1. The molecular formula is C51H59IN10O5.